The SMILES string of the molecule is Cc1ccc(N(C)c2ccc3nc(N)sc3n2)cc1. The molecular formula is C14H14N4S. The summed E-state index contributed by atoms with van der Waals surface area (Å²) in [6.07, 6.45) is 0. The Labute approximate surface area is 115 Å². The van der Waals surface area contributed by atoms with E-state index < -0.39 is 0 Å². The van der Waals surface area contributed by atoms with Gasteiger partial charge in [0.05, 0.1) is 0 Å². The minimum Gasteiger partial charge on any atom is -0.375 e. The van der Waals surface area contributed by atoms with Crippen LogP contribution in [-0.4, -0.2) is 17.0 Å². The summed E-state index contributed by atoms with van der Waals surface area (Å²) < 4.78 is 0. The van der Waals surface area contributed by atoms with Crippen molar-refractivity contribution in [3.05, 3.63) is 42.0 Å². The maximum absolute atomic E-state index is 5.70. The van der Waals surface area contributed by atoms with E-state index in [2.05, 4.69) is 46.1 Å². The third-order valence-corrected chi connectivity index (χ3v) is 3.82. The molecule has 5 heteroatoms. The summed E-state index contributed by atoms with van der Waals surface area (Å²) in [7, 11) is 2.00. The van der Waals surface area contributed by atoms with Crippen LogP contribution in [0.4, 0.5) is 16.6 Å². The number of pyridine rings is 1. The van der Waals surface area contributed by atoms with Crippen LogP contribution >= 0.6 is 11.3 Å². The van der Waals surface area contributed by atoms with Gasteiger partial charge in [-0.05, 0) is 31.2 Å². The van der Waals surface area contributed by atoms with Crippen LogP contribution < -0.4 is 10.6 Å². The van der Waals surface area contributed by atoms with Crippen molar-refractivity contribution in [2.75, 3.05) is 17.7 Å². The molecule has 0 atom stereocenters. The first-order chi connectivity index (χ1) is 9.13. The standard InChI is InChI=1S/C14H14N4S/c1-9-3-5-10(6-4-9)18(2)12-8-7-11-13(17-12)19-14(15)16-11/h3-8H,1-2H3,(H2,15,16). The van der Waals surface area contributed by atoms with E-state index in [4.69, 9.17) is 5.73 Å². The second kappa shape index (κ2) is 4.51. The molecule has 0 bridgehead atoms. The number of hydrogen-bond acceptors (Lipinski definition) is 5. The van der Waals surface area contributed by atoms with Crippen LogP contribution in [0.25, 0.3) is 10.3 Å². The molecular weight excluding hydrogens is 256 g/mol. The highest BCUT2D eigenvalue weighted by atomic mass is 32.1. The Bertz CT molecular complexity index is 718. The van der Waals surface area contributed by atoms with Gasteiger partial charge in [0.25, 0.3) is 0 Å². The van der Waals surface area contributed by atoms with Gasteiger partial charge < -0.3 is 10.6 Å². The molecule has 0 spiro atoms. The maximum atomic E-state index is 5.70. The van der Waals surface area contributed by atoms with Crippen molar-refractivity contribution in [3.63, 3.8) is 0 Å². The van der Waals surface area contributed by atoms with Crippen molar-refractivity contribution in [2.45, 2.75) is 6.92 Å². The zero-order valence-corrected chi connectivity index (χ0v) is 11.6. The lowest BCUT2D eigenvalue weighted by Crippen LogP contribution is -2.10. The number of aryl methyl sites for hydroxylation is 1. The molecule has 0 aliphatic carbocycles. The number of nitrogens with two attached hydrogens (primary N) is 1. The number of nitrogen functional groups attached to an aromatic ring is 1. The van der Waals surface area contributed by atoms with Gasteiger partial charge in [-0.2, -0.15) is 0 Å². The van der Waals surface area contributed by atoms with Crippen LogP contribution in [-0.2, 0) is 0 Å². The molecule has 2 N–H and O–H groups in total. The van der Waals surface area contributed by atoms with Crippen LogP contribution in [0.5, 0.6) is 0 Å². The highest BCUT2D eigenvalue weighted by Crippen LogP contribution is 2.27. The fourth-order valence-corrected chi connectivity index (χ4v) is 2.61. The fourth-order valence-electron chi connectivity index (χ4n) is 1.91. The average Bonchev–Trinajstić information content (AvgIpc) is 2.77. The second-order valence-corrected chi connectivity index (χ2v) is 5.45. The summed E-state index contributed by atoms with van der Waals surface area (Å²) in [5.74, 6) is 0.889. The van der Waals surface area contributed by atoms with Crippen molar-refractivity contribution in [1.82, 2.24) is 9.97 Å². The first-order valence-electron chi connectivity index (χ1n) is 5.97. The normalized spacial score (nSPS) is 10.8. The van der Waals surface area contributed by atoms with Gasteiger partial charge in [-0.3, -0.25) is 0 Å². The number of anilines is 3. The highest BCUT2D eigenvalue weighted by molar-refractivity contribution is 7.21. The summed E-state index contributed by atoms with van der Waals surface area (Å²) in [5.41, 5.74) is 8.90. The van der Waals surface area contributed by atoms with E-state index in [-0.39, 0.29) is 0 Å². The molecule has 4 nitrogen and oxygen atoms in total. The molecule has 3 rings (SSSR count). The summed E-state index contributed by atoms with van der Waals surface area (Å²) in [5, 5.41) is 0.553. The van der Waals surface area contributed by atoms with Crippen molar-refractivity contribution >= 4 is 38.3 Å². The molecule has 2 heterocycles. The van der Waals surface area contributed by atoms with E-state index in [1.165, 1.54) is 16.9 Å². The molecule has 2 aromatic heterocycles. The van der Waals surface area contributed by atoms with E-state index in [0.29, 0.717) is 5.13 Å². The number of thiazole rings is 1. The van der Waals surface area contributed by atoms with Gasteiger partial charge in [-0.15, -0.1) is 0 Å². The lowest BCUT2D eigenvalue weighted by molar-refractivity contribution is 1.15. The Morgan fingerprint density at radius 1 is 1.05 bits per heavy atom. The van der Waals surface area contributed by atoms with Crippen LogP contribution in [0.3, 0.4) is 0 Å². The number of aromatic nitrogens is 2. The zero-order valence-electron chi connectivity index (χ0n) is 10.8. The molecule has 0 aliphatic heterocycles. The number of fused-ring (bicyclic) bond motifs is 1. The Morgan fingerprint density at radius 3 is 2.53 bits per heavy atom. The average molecular weight is 270 g/mol. The Balaban J connectivity index is 2.00. The Hall–Kier alpha value is -2.14. The Kier molecular flexibility index (Phi) is 2.83. The predicted octanol–water partition coefficient (Wildman–Crippen LogP) is 3.35. The van der Waals surface area contributed by atoms with E-state index >= 15 is 0 Å². The lowest BCUT2D eigenvalue weighted by atomic mass is 10.2. The molecule has 19 heavy (non-hydrogen) atoms. The number of nitrogens with zero attached hydrogens (tertiary/aromatic N) is 3. The van der Waals surface area contributed by atoms with Gasteiger partial charge in [-0.25, -0.2) is 9.97 Å². The summed E-state index contributed by atoms with van der Waals surface area (Å²) in [4.78, 5) is 11.7. The third kappa shape index (κ3) is 2.24. The molecule has 0 amide bonds. The van der Waals surface area contributed by atoms with Crippen LogP contribution in [0, 0.1) is 6.92 Å². The van der Waals surface area contributed by atoms with E-state index in [0.717, 1.165) is 21.9 Å². The first-order valence-corrected chi connectivity index (χ1v) is 6.78. The third-order valence-electron chi connectivity index (χ3n) is 3.02. The van der Waals surface area contributed by atoms with Crippen LogP contribution in [0.2, 0.25) is 0 Å². The van der Waals surface area contributed by atoms with E-state index in [1.807, 2.05) is 19.2 Å². The van der Waals surface area contributed by atoms with Gasteiger partial charge in [-0.1, -0.05) is 29.0 Å². The molecule has 3 aromatic rings. The predicted molar refractivity (Wildman–Crippen MR) is 81.1 cm³/mol. The zero-order chi connectivity index (χ0) is 13.4. The lowest BCUT2D eigenvalue weighted by Gasteiger charge is -2.18. The molecule has 0 saturated heterocycles. The molecule has 0 unspecified atom stereocenters. The van der Waals surface area contributed by atoms with Crippen molar-refractivity contribution in [3.8, 4) is 0 Å². The highest BCUT2D eigenvalue weighted by Gasteiger charge is 2.08. The minimum absolute atomic E-state index is 0.553. The number of benzene rings is 1. The number of rotatable bonds is 2. The van der Waals surface area contributed by atoms with Gasteiger partial charge >= 0.3 is 0 Å². The van der Waals surface area contributed by atoms with Gasteiger partial charge in [0.1, 0.15) is 16.2 Å². The van der Waals surface area contributed by atoms with E-state index in [9.17, 15) is 0 Å². The monoisotopic (exact) mass is 270 g/mol. The summed E-state index contributed by atoms with van der Waals surface area (Å²) >= 11 is 1.41. The van der Waals surface area contributed by atoms with E-state index in [1.54, 1.807) is 0 Å². The number of hydrogen-bond donors (Lipinski definition) is 1. The first kappa shape index (κ1) is 11.9. The smallest absolute Gasteiger partial charge is 0.182 e. The molecule has 0 aliphatic rings. The molecule has 1 aromatic carbocycles. The van der Waals surface area contributed by atoms with Crippen molar-refractivity contribution in [2.24, 2.45) is 0 Å². The quantitative estimate of drug-likeness (QED) is 0.776. The van der Waals surface area contributed by atoms with Crippen LogP contribution in [0.1, 0.15) is 5.56 Å². The van der Waals surface area contributed by atoms with Gasteiger partial charge in [0, 0.05) is 12.7 Å². The van der Waals surface area contributed by atoms with Gasteiger partial charge in [0.2, 0.25) is 0 Å². The largest absolute Gasteiger partial charge is 0.375 e. The second-order valence-electron chi connectivity index (χ2n) is 4.44. The van der Waals surface area contributed by atoms with Gasteiger partial charge in [0.15, 0.2) is 5.13 Å². The molecule has 0 radical (unpaired) electrons. The van der Waals surface area contributed by atoms with Crippen LogP contribution in [0.15, 0.2) is 36.4 Å². The van der Waals surface area contributed by atoms with Crippen molar-refractivity contribution < 1.29 is 0 Å². The summed E-state index contributed by atoms with van der Waals surface area (Å²) in [6.45, 7) is 2.08. The minimum atomic E-state index is 0.553. The molecule has 0 fully saturated rings. The molecule has 96 valence electrons. The topological polar surface area (TPSA) is 55.0 Å². The fraction of sp³-hybridized carbons (Fsp3) is 0.143. The van der Waals surface area contributed by atoms with Crippen molar-refractivity contribution in [1.29, 1.82) is 0 Å². The maximum Gasteiger partial charge on any atom is 0.182 e. The Morgan fingerprint density at radius 2 is 1.79 bits per heavy atom. The molecule has 0 saturated carbocycles. The summed E-state index contributed by atoms with van der Waals surface area (Å²) in [6, 6.07) is 12.3.